The number of aryl methyl sites for hydroxylation is 1. The van der Waals surface area contributed by atoms with Crippen LogP contribution in [0.3, 0.4) is 0 Å². The fourth-order valence-corrected chi connectivity index (χ4v) is 2.76. The van der Waals surface area contributed by atoms with Gasteiger partial charge in [0.25, 0.3) is 0 Å². The number of fused-ring (bicyclic) bond motifs is 1. The van der Waals surface area contributed by atoms with Crippen LogP contribution in [-0.2, 0) is 13.2 Å². The van der Waals surface area contributed by atoms with E-state index in [2.05, 4.69) is 23.8 Å². The summed E-state index contributed by atoms with van der Waals surface area (Å²) in [6, 6.07) is 12.6. The quantitative estimate of drug-likeness (QED) is 0.764. The summed E-state index contributed by atoms with van der Waals surface area (Å²) in [5.74, 6) is 0.949. The van der Waals surface area contributed by atoms with E-state index in [0.29, 0.717) is 6.61 Å². The largest absolute Gasteiger partial charge is 0.508 e. The lowest BCUT2D eigenvalue weighted by atomic mass is 10.2. The van der Waals surface area contributed by atoms with Crippen LogP contribution in [-0.4, -0.2) is 9.67 Å². The second-order valence-corrected chi connectivity index (χ2v) is 5.26. The molecule has 0 unspecified atom stereocenters. The fourth-order valence-electron chi connectivity index (χ4n) is 2.47. The first kappa shape index (κ1) is 13.8. The van der Waals surface area contributed by atoms with Crippen LogP contribution in [0.1, 0.15) is 12.5 Å². The molecule has 0 amide bonds. The number of hydrogen-bond donors (Lipinski definition) is 1. The number of nitrogens with zero attached hydrogens (tertiary/aromatic N) is 1. The molecule has 4 heteroatoms. The van der Waals surface area contributed by atoms with Gasteiger partial charge in [-0.2, -0.15) is 0 Å². The second kappa shape index (κ2) is 5.70. The Morgan fingerprint density at radius 1 is 1.14 bits per heavy atom. The van der Waals surface area contributed by atoms with Gasteiger partial charge in [0.1, 0.15) is 18.1 Å². The molecule has 3 aromatic rings. The van der Waals surface area contributed by atoms with Crippen molar-refractivity contribution in [2.45, 2.75) is 20.1 Å². The van der Waals surface area contributed by atoms with E-state index in [-0.39, 0.29) is 5.75 Å². The molecule has 1 heterocycles. The van der Waals surface area contributed by atoms with E-state index in [9.17, 15) is 5.11 Å². The number of rotatable bonds is 4. The summed E-state index contributed by atoms with van der Waals surface area (Å²) in [6.45, 7) is 3.43. The van der Waals surface area contributed by atoms with Gasteiger partial charge in [-0.05, 0) is 43.3 Å². The maximum absolute atomic E-state index is 9.28. The third kappa shape index (κ3) is 2.69. The van der Waals surface area contributed by atoms with Crippen molar-refractivity contribution in [3.8, 4) is 11.5 Å². The third-order valence-electron chi connectivity index (χ3n) is 3.51. The molecule has 0 radical (unpaired) electrons. The van der Waals surface area contributed by atoms with E-state index in [4.69, 9.17) is 16.3 Å². The van der Waals surface area contributed by atoms with Crippen molar-refractivity contribution in [3.63, 3.8) is 0 Å². The summed E-state index contributed by atoms with van der Waals surface area (Å²) in [5.41, 5.74) is 2.18. The summed E-state index contributed by atoms with van der Waals surface area (Å²) in [7, 11) is 0. The molecule has 21 heavy (non-hydrogen) atoms. The highest BCUT2D eigenvalue weighted by molar-refractivity contribution is 6.35. The van der Waals surface area contributed by atoms with Crippen molar-refractivity contribution >= 4 is 22.5 Å². The lowest BCUT2D eigenvalue weighted by Crippen LogP contribution is -1.95. The molecule has 0 saturated heterocycles. The SMILES string of the molecule is CCn1cc(COc2ccc(O)cc2)c2c(Cl)cccc21. The summed E-state index contributed by atoms with van der Waals surface area (Å²) in [5, 5.41) is 11.1. The first-order chi connectivity index (χ1) is 10.2. The highest BCUT2D eigenvalue weighted by atomic mass is 35.5. The zero-order valence-corrected chi connectivity index (χ0v) is 12.5. The van der Waals surface area contributed by atoms with Crippen LogP contribution in [0.2, 0.25) is 5.02 Å². The van der Waals surface area contributed by atoms with Gasteiger partial charge >= 0.3 is 0 Å². The number of ether oxygens (including phenoxy) is 1. The molecule has 0 atom stereocenters. The Morgan fingerprint density at radius 3 is 2.62 bits per heavy atom. The summed E-state index contributed by atoms with van der Waals surface area (Å²) in [6.07, 6.45) is 2.08. The van der Waals surface area contributed by atoms with Crippen LogP contribution in [0.5, 0.6) is 11.5 Å². The predicted octanol–water partition coefficient (Wildman–Crippen LogP) is 4.60. The predicted molar refractivity (Wildman–Crippen MR) is 85.1 cm³/mol. The maximum Gasteiger partial charge on any atom is 0.120 e. The number of hydrogen-bond acceptors (Lipinski definition) is 2. The first-order valence-corrected chi connectivity index (χ1v) is 7.25. The number of phenols is 1. The van der Waals surface area contributed by atoms with Crippen LogP contribution < -0.4 is 4.74 Å². The Bertz CT molecular complexity index is 762. The van der Waals surface area contributed by atoms with Crippen LogP contribution >= 0.6 is 11.6 Å². The topological polar surface area (TPSA) is 34.4 Å². The molecular weight excluding hydrogens is 286 g/mol. The summed E-state index contributed by atoms with van der Waals surface area (Å²) >= 11 is 6.33. The summed E-state index contributed by atoms with van der Waals surface area (Å²) < 4.78 is 7.95. The van der Waals surface area contributed by atoms with Crippen LogP contribution in [0.4, 0.5) is 0 Å². The van der Waals surface area contributed by atoms with Crippen molar-refractivity contribution < 1.29 is 9.84 Å². The average Bonchev–Trinajstić information content (AvgIpc) is 2.86. The second-order valence-electron chi connectivity index (χ2n) is 4.86. The Morgan fingerprint density at radius 2 is 1.90 bits per heavy atom. The number of phenolic OH excluding ortho intramolecular Hbond substituents is 1. The van der Waals surface area contributed by atoms with Gasteiger partial charge in [0.15, 0.2) is 0 Å². The van der Waals surface area contributed by atoms with Crippen LogP contribution in [0, 0.1) is 0 Å². The Kier molecular flexibility index (Phi) is 3.76. The van der Waals surface area contributed by atoms with Gasteiger partial charge in [0.05, 0.1) is 5.02 Å². The monoisotopic (exact) mass is 301 g/mol. The Hall–Kier alpha value is -2.13. The van der Waals surface area contributed by atoms with E-state index in [1.54, 1.807) is 24.3 Å². The zero-order chi connectivity index (χ0) is 14.8. The van der Waals surface area contributed by atoms with Crippen molar-refractivity contribution in [1.82, 2.24) is 4.57 Å². The zero-order valence-electron chi connectivity index (χ0n) is 11.7. The van der Waals surface area contributed by atoms with Crippen molar-refractivity contribution in [2.24, 2.45) is 0 Å². The van der Waals surface area contributed by atoms with Crippen molar-refractivity contribution in [3.05, 3.63) is 59.2 Å². The van der Waals surface area contributed by atoms with Gasteiger partial charge in [-0.3, -0.25) is 0 Å². The van der Waals surface area contributed by atoms with Gasteiger partial charge in [0.2, 0.25) is 0 Å². The normalized spacial score (nSPS) is 11.0. The van der Waals surface area contributed by atoms with Crippen molar-refractivity contribution in [2.75, 3.05) is 0 Å². The van der Waals surface area contributed by atoms with E-state index in [0.717, 1.165) is 33.8 Å². The standard InChI is InChI=1S/C17H16ClNO2/c1-2-19-10-12(17-15(18)4-3-5-16(17)19)11-21-14-8-6-13(20)7-9-14/h3-10,20H,2,11H2,1H3. The third-order valence-corrected chi connectivity index (χ3v) is 3.82. The highest BCUT2D eigenvalue weighted by Crippen LogP contribution is 2.29. The molecule has 3 nitrogen and oxygen atoms in total. The fraction of sp³-hybridized carbons (Fsp3) is 0.176. The molecule has 0 saturated carbocycles. The molecule has 0 bridgehead atoms. The number of halogens is 1. The molecule has 0 spiro atoms. The Labute approximate surface area is 128 Å². The van der Waals surface area contributed by atoms with E-state index >= 15 is 0 Å². The number of aromatic hydroxyl groups is 1. The minimum atomic E-state index is 0.230. The molecule has 3 rings (SSSR count). The molecular formula is C17H16ClNO2. The van der Waals surface area contributed by atoms with Gasteiger partial charge < -0.3 is 14.4 Å². The van der Waals surface area contributed by atoms with E-state index < -0.39 is 0 Å². The molecule has 0 fully saturated rings. The highest BCUT2D eigenvalue weighted by Gasteiger charge is 2.11. The molecule has 0 aliphatic carbocycles. The molecule has 1 aromatic heterocycles. The van der Waals surface area contributed by atoms with Crippen LogP contribution in [0.15, 0.2) is 48.7 Å². The van der Waals surface area contributed by atoms with E-state index in [1.807, 2.05) is 12.1 Å². The lowest BCUT2D eigenvalue weighted by Gasteiger charge is -2.06. The van der Waals surface area contributed by atoms with Gasteiger partial charge in [-0.25, -0.2) is 0 Å². The van der Waals surface area contributed by atoms with E-state index in [1.165, 1.54) is 0 Å². The first-order valence-electron chi connectivity index (χ1n) is 6.87. The smallest absolute Gasteiger partial charge is 0.120 e. The number of benzene rings is 2. The molecule has 108 valence electrons. The molecule has 1 N–H and O–H groups in total. The molecule has 0 aliphatic heterocycles. The lowest BCUT2D eigenvalue weighted by molar-refractivity contribution is 0.307. The minimum absolute atomic E-state index is 0.230. The number of aromatic nitrogens is 1. The Balaban J connectivity index is 1.91. The van der Waals surface area contributed by atoms with Gasteiger partial charge in [-0.15, -0.1) is 0 Å². The van der Waals surface area contributed by atoms with Gasteiger partial charge in [0, 0.05) is 29.2 Å². The van der Waals surface area contributed by atoms with Gasteiger partial charge in [-0.1, -0.05) is 17.7 Å². The van der Waals surface area contributed by atoms with Crippen molar-refractivity contribution in [1.29, 1.82) is 0 Å². The maximum atomic E-state index is 9.28. The summed E-state index contributed by atoms with van der Waals surface area (Å²) in [4.78, 5) is 0. The minimum Gasteiger partial charge on any atom is -0.508 e. The van der Waals surface area contributed by atoms with Crippen LogP contribution in [0.25, 0.3) is 10.9 Å². The average molecular weight is 302 g/mol. The molecule has 0 aliphatic rings. The molecule has 2 aromatic carbocycles.